The predicted octanol–water partition coefficient (Wildman–Crippen LogP) is 3.34. The molecule has 1 atom stereocenters. The van der Waals surface area contributed by atoms with Gasteiger partial charge in [-0.05, 0) is 12.1 Å². The first-order valence-electron chi connectivity index (χ1n) is 10.9. The summed E-state index contributed by atoms with van der Waals surface area (Å²) in [6.45, 7) is 2.38. The molecule has 1 N–H and O–H groups in total. The van der Waals surface area contributed by atoms with Crippen molar-refractivity contribution in [2.75, 3.05) is 40.0 Å². The summed E-state index contributed by atoms with van der Waals surface area (Å²) in [4.78, 5) is 2.11. The molecule has 3 rings (SSSR count). The molecule has 1 heterocycles. The highest BCUT2D eigenvalue weighted by molar-refractivity contribution is 5.65. The molecule has 7 nitrogen and oxygen atoms in total. The second-order valence-electron chi connectivity index (χ2n) is 7.64. The van der Waals surface area contributed by atoms with Crippen molar-refractivity contribution in [3.05, 3.63) is 66.2 Å². The van der Waals surface area contributed by atoms with Crippen molar-refractivity contribution in [2.45, 2.75) is 12.6 Å². The highest BCUT2D eigenvalue weighted by atomic mass is 16.5. The second kappa shape index (κ2) is 12.8. The fourth-order valence-electron chi connectivity index (χ4n) is 3.53. The Kier molecular flexibility index (Phi) is 9.48. The Hall–Kier alpha value is -3.15. The normalized spacial score (nSPS) is 12.0. The number of aryl methyl sites for hydroxylation is 1. The van der Waals surface area contributed by atoms with Gasteiger partial charge in [-0.25, -0.2) is 4.68 Å². The van der Waals surface area contributed by atoms with E-state index in [1.54, 1.807) is 11.8 Å². The van der Waals surface area contributed by atoms with Crippen LogP contribution in [-0.4, -0.2) is 65.9 Å². The van der Waals surface area contributed by atoms with E-state index >= 15 is 0 Å². The maximum absolute atomic E-state index is 10.5. The number of nitrogens with zero attached hydrogens (tertiary/aromatic N) is 3. The number of hydrogen-bond donors (Lipinski definition) is 1. The Balaban J connectivity index is 1.91. The Morgan fingerprint density at radius 3 is 2.48 bits per heavy atom. The van der Waals surface area contributed by atoms with Crippen LogP contribution >= 0.6 is 0 Å². The minimum Gasteiger partial charge on any atom is -0.439 e. The Morgan fingerprint density at radius 2 is 1.82 bits per heavy atom. The van der Waals surface area contributed by atoms with Crippen molar-refractivity contribution in [1.82, 2.24) is 14.7 Å². The van der Waals surface area contributed by atoms with Crippen molar-refractivity contribution in [3.63, 3.8) is 0 Å². The van der Waals surface area contributed by atoms with E-state index in [-0.39, 0.29) is 13.2 Å². The van der Waals surface area contributed by atoms with Crippen LogP contribution in [0.4, 0.5) is 0 Å². The number of rotatable bonds is 13. The maximum atomic E-state index is 10.5. The molecule has 0 aliphatic rings. The minimum absolute atomic E-state index is 0.166. The van der Waals surface area contributed by atoms with E-state index in [4.69, 9.17) is 25.7 Å². The molecule has 0 amide bonds. The van der Waals surface area contributed by atoms with Gasteiger partial charge in [0.1, 0.15) is 18.1 Å². The van der Waals surface area contributed by atoms with Crippen molar-refractivity contribution < 1.29 is 19.3 Å². The summed E-state index contributed by atoms with van der Waals surface area (Å²) in [5.41, 5.74) is 2.76. The molecule has 33 heavy (non-hydrogen) atoms. The van der Waals surface area contributed by atoms with Crippen LogP contribution in [0, 0.1) is 12.3 Å². The highest BCUT2D eigenvalue weighted by Gasteiger charge is 2.23. The van der Waals surface area contributed by atoms with E-state index in [2.05, 4.69) is 10.8 Å². The number of aliphatic hydroxyl groups excluding tert-OH is 1. The van der Waals surface area contributed by atoms with Crippen molar-refractivity contribution in [1.29, 1.82) is 0 Å². The average Bonchev–Trinajstić information content (AvgIpc) is 3.13. The van der Waals surface area contributed by atoms with Gasteiger partial charge in [0.15, 0.2) is 0 Å². The van der Waals surface area contributed by atoms with Crippen molar-refractivity contribution >= 4 is 0 Å². The van der Waals surface area contributed by atoms with Gasteiger partial charge >= 0.3 is 0 Å². The van der Waals surface area contributed by atoms with E-state index in [1.165, 1.54) is 0 Å². The Bertz CT molecular complexity index is 1020. The standard InChI is InChI=1S/C26H31N3O4/c1-4-16-32-20-22(30)18-29(15-17-31-3)19-24-25(21-11-7-5-8-12-21)27-28(2)26(24)33-23-13-9-6-10-14-23/h1,5-14,22,30H,15-20H2,2-3H3/t22-/m0/s1. The topological polar surface area (TPSA) is 69.0 Å². The Labute approximate surface area is 195 Å². The monoisotopic (exact) mass is 449 g/mol. The molecule has 0 spiro atoms. The first-order valence-corrected chi connectivity index (χ1v) is 10.9. The van der Waals surface area contributed by atoms with E-state index in [9.17, 15) is 5.11 Å². The number of benzene rings is 2. The number of aromatic nitrogens is 2. The zero-order chi connectivity index (χ0) is 23.5. The SMILES string of the molecule is C#CCOC[C@@H](O)CN(CCOC)Cc1c(-c2ccccc2)nn(C)c1Oc1ccccc1. The second-order valence-corrected chi connectivity index (χ2v) is 7.64. The zero-order valence-corrected chi connectivity index (χ0v) is 19.2. The van der Waals surface area contributed by atoms with E-state index in [1.807, 2.05) is 67.7 Å². The largest absolute Gasteiger partial charge is 0.439 e. The molecule has 174 valence electrons. The molecule has 2 aromatic carbocycles. The lowest BCUT2D eigenvalue weighted by Crippen LogP contribution is -2.36. The van der Waals surface area contributed by atoms with Gasteiger partial charge in [-0.1, -0.05) is 54.5 Å². The lowest BCUT2D eigenvalue weighted by atomic mass is 10.1. The molecule has 1 aromatic heterocycles. The van der Waals surface area contributed by atoms with E-state index < -0.39 is 6.10 Å². The number of hydrogen-bond acceptors (Lipinski definition) is 6. The lowest BCUT2D eigenvalue weighted by molar-refractivity contribution is 0.0206. The van der Waals surface area contributed by atoms with Gasteiger partial charge in [-0.3, -0.25) is 4.90 Å². The summed E-state index contributed by atoms with van der Waals surface area (Å²) >= 11 is 0. The van der Waals surface area contributed by atoms with Crippen LogP contribution in [0.3, 0.4) is 0 Å². The average molecular weight is 450 g/mol. The first kappa shape index (κ1) is 24.5. The fraction of sp³-hybridized carbons (Fsp3) is 0.346. The number of aliphatic hydroxyl groups is 1. The maximum Gasteiger partial charge on any atom is 0.222 e. The fourth-order valence-corrected chi connectivity index (χ4v) is 3.53. The molecule has 7 heteroatoms. The van der Waals surface area contributed by atoms with Crippen LogP contribution in [0.15, 0.2) is 60.7 Å². The van der Waals surface area contributed by atoms with Crippen molar-refractivity contribution in [3.8, 4) is 35.2 Å². The summed E-state index contributed by atoms with van der Waals surface area (Å²) in [5, 5.41) is 15.3. The van der Waals surface area contributed by atoms with Gasteiger partial charge in [-0.15, -0.1) is 6.42 Å². The molecule has 0 saturated heterocycles. The number of terminal acetylenes is 1. The van der Waals surface area contributed by atoms with Gasteiger partial charge in [0.2, 0.25) is 5.88 Å². The molecule has 0 unspecified atom stereocenters. The summed E-state index contributed by atoms with van der Waals surface area (Å²) < 4.78 is 18.6. The molecule has 0 aliphatic carbocycles. The van der Waals surface area contributed by atoms with Gasteiger partial charge in [0.05, 0.1) is 24.9 Å². The van der Waals surface area contributed by atoms with Crippen LogP contribution in [-0.2, 0) is 23.1 Å². The van der Waals surface area contributed by atoms with Crippen LogP contribution in [0.2, 0.25) is 0 Å². The molecule has 0 radical (unpaired) electrons. The molecule has 0 aliphatic heterocycles. The molecule has 0 saturated carbocycles. The lowest BCUT2D eigenvalue weighted by Gasteiger charge is -2.25. The highest BCUT2D eigenvalue weighted by Crippen LogP contribution is 2.34. The molecule has 0 fully saturated rings. The minimum atomic E-state index is -0.689. The summed E-state index contributed by atoms with van der Waals surface area (Å²) in [6.07, 6.45) is 4.54. The number of methoxy groups -OCH3 is 1. The van der Waals surface area contributed by atoms with Crippen molar-refractivity contribution in [2.24, 2.45) is 7.05 Å². The van der Waals surface area contributed by atoms with Gasteiger partial charge < -0.3 is 19.3 Å². The zero-order valence-electron chi connectivity index (χ0n) is 19.2. The predicted molar refractivity (Wildman–Crippen MR) is 128 cm³/mol. The van der Waals surface area contributed by atoms with Crippen LogP contribution in [0.1, 0.15) is 5.56 Å². The third kappa shape index (κ3) is 7.17. The van der Waals surface area contributed by atoms with Crippen LogP contribution < -0.4 is 4.74 Å². The van der Waals surface area contributed by atoms with E-state index in [0.717, 1.165) is 22.6 Å². The smallest absolute Gasteiger partial charge is 0.222 e. The Morgan fingerprint density at radius 1 is 1.12 bits per heavy atom. The molecular formula is C26H31N3O4. The van der Waals surface area contributed by atoms with Crippen LogP contribution in [0.25, 0.3) is 11.3 Å². The van der Waals surface area contributed by atoms with Gasteiger partial charge in [0.25, 0.3) is 0 Å². The van der Waals surface area contributed by atoms with E-state index in [0.29, 0.717) is 32.1 Å². The van der Waals surface area contributed by atoms with Crippen LogP contribution in [0.5, 0.6) is 11.6 Å². The summed E-state index contributed by atoms with van der Waals surface area (Å²) in [5.74, 6) is 3.80. The first-order chi connectivity index (χ1) is 16.1. The molecular weight excluding hydrogens is 418 g/mol. The third-order valence-corrected chi connectivity index (χ3v) is 5.05. The summed E-state index contributed by atoms with van der Waals surface area (Å²) in [7, 11) is 3.53. The number of ether oxygens (including phenoxy) is 3. The van der Waals surface area contributed by atoms with Gasteiger partial charge in [-0.2, -0.15) is 5.10 Å². The summed E-state index contributed by atoms with van der Waals surface area (Å²) in [6, 6.07) is 19.6. The number of para-hydroxylation sites is 1. The quantitative estimate of drug-likeness (QED) is 0.319. The van der Waals surface area contributed by atoms with Gasteiger partial charge in [0, 0.05) is 39.4 Å². The molecule has 0 bridgehead atoms. The third-order valence-electron chi connectivity index (χ3n) is 5.05. The molecule has 3 aromatic rings.